The molecule has 0 aliphatic carbocycles. The molecule has 0 saturated heterocycles. The molecule has 8 heteroatoms. The van der Waals surface area contributed by atoms with Gasteiger partial charge in [0.1, 0.15) is 11.3 Å². The normalized spacial score (nSPS) is 10.3. The van der Waals surface area contributed by atoms with Crippen molar-refractivity contribution in [2.24, 2.45) is 0 Å². The van der Waals surface area contributed by atoms with E-state index in [4.69, 9.17) is 4.74 Å². The number of rotatable bonds is 5. The Morgan fingerprint density at radius 3 is 2.69 bits per heavy atom. The van der Waals surface area contributed by atoms with Crippen LogP contribution in [0.15, 0.2) is 64.4 Å². The number of nitrogens with zero attached hydrogens (tertiary/aromatic N) is 2. The number of methoxy groups -OCH3 is 1. The molecule has 0 unspecified atom stereocenters. The minimum Gasteiger partial charge on any atom is -0.495 e. The van der Waals surface area contributed by atoms with Crippen LogP contribution in [0.25, 0.3) is 0 Å². The van der Waals surface area contributed by atoms with Gasteiger partial charge < -0.3 is 15.0 Å². The smallest absolute Gasteiger partial charge is 0.328 e. The third-order valence-electron chi connectivity index (χ3n) is 3.71. The molecular formula is C18H16N4O4. The van der Waals surface area contributed by atoms with E-state index in [0.29, 0.717) is 17.1 Å². The molecule has 26 heavy (non-hydrogen) atoms. The summed E-state index contributed by atoms with van der Waals surface area (Å²) in [6, 6.07) is 12.0. The van der Waals surface area contributed by atoms with Crippen LogP contribution in [0.4, 0.5) is 5.69 Å². The third-order valence-corrected chi connectivity index (χ3v) is 3.71. The van der Waals surface area contributed by atoms with Gasteiger partial charge in [-0.25, -0.2) is 4.79 Å². The minimum absolute atomic E-state index is 0.0369. The lowest BCUT2D eigenvalue weighted by molar-refractivity contribution is 0.102. The van der Waals surface area contributed by atoms with Gasteiger partial charge in [0.25, 0.3) is 11.5 Å². The SMILES string of the molecule is COc1ccccc1NC(=O)c1c[nH]c(=O)n(Cc2ccccn2)c1=O. The number of nitrogens with one attached hydrogen (secondary N) is 2. The van der Waals surface area contributed by atoms with Crippen LogP contribution in [0.2, 0.25) is 0 Å². The summed E-state index contributed by atoms with van der Waals surface area (Å²) >= 11 is 0. The molecule has 0 atom stereocenters. The summed E-state index contributed by atoms with van der Waals surface area (Å²) in [6.45, 7) is -0.0369. The number of carbonyl (C=O) groups is 1. The zero-order valence-corrected chi connectivity index (χ0v) is 13.9. The maximum Gasteiger partial charge on any atom is 0.328 e. The number of aromatic nitrogens is 3. The van der Waals surface area contributed by atoms with Crippen LogP contribution in [-0.2, 0) is 6.54 Å². The lowest BCUT2D eigenvalue weighted by Crippen LogP contribution is -2.39. The summed E-state index contributed by atoms with van der Waals surface area (Å²) < 4.78 is 6.10. The lowest BCUT2D eigenvalue weighted by Gasteiger charge is -2.10. The monoisotopic (exact) mass is 352 g/mol. The van der Waals surface area contributed by atoms with E-state index in [1.807, 2.05) is 0 Å². The second kappa shape index (κ2) is 7.47. The Morgan fingerprint density at radius 2 is 1.96 bits per heavy atom. The van der Waals surface area contributed by atoms with Crippen molar-refractivity contribution in [1.29, 1.82) is 0 Å². The molecule has 3 rings (SSSR count). The van der Waals surface area contributed by atoms with Crippen LogP contribution in [0.5, 0.6) is 5.75 Å². The summed E-state index contributed by atoms with van der Waals surface area (Å²) in [5.74, 6) is -0.190. The first-order valence-corrected chi connectivity index (χ1v) is 7.77. The first-order valence-electron chi connectivity index (χ1n) is 7.77. The summed E-state index contributed by atoms with van der Waals surface area (Å²) in [7, 11) is 1.48. The van der Waals surface area contributed by atoms with Crippen molar-refractivity contribution in [3.05, 3.63) is 87.0 Å². The number of carbonyl (C=O) groups excluding carboxylic acids is 1. The maximum atomic E-state index is 12.6. The third kappa shape index (κ3) is 3.54. The summed E-state index contributed by atoms with van der Waals surface area (Å²) in [4.78, 5) is 43.6. The van der Waals surface area contributed by atoms with Gasteiger partial charge in [-0.15, -0.1) is 0 Å². The van der Waals surface area contributed by atoms with Crippen molar-refractivity contribution in [3.8, 4) is 5.75 Å². The molecule has 2 N–H and O–H groups in total. The topological polar surface area (TPSA) is 106 Å². The van der Waals surface area contributed by atoms with E-state index >= 15 is 0 Å². The minimum atomic E-state index is -0.702. The van der Waals surface area contributed by atoms with E-state index in [1.165, 1.54) is 7.11 Å². The quantitative estimate of drug-likeness (QED) is 0.719. The first kappa shape index (κ1) is 17.2. The van der Waals surface area contributed by atoms with Crippen molar-refractivity contribution in [2.45, 2.75) is 6.54 Å². The van der Waals surface area contributed by atoms with Crippen molar-refractivity contribution in [2.75, 3.05) is 12.4 Å². The molecule has 0 spiro atoms. The number of benzene rings is 1. The van der Waals surface area contributed by atoms with Gasteiger partial charge in [-0.1, -0.05) is 18.2 Å². The predicted molar refractivity (Wildman–Crippen MR) is 95.6 cm³/mol. The lowest BCUT2D eigenvalue weighted by atomic mass is 10.2. The van der Waals surface area contributed by atoms with Crippen LogP contribution in [0.1, 0.15) is 16.1 Å². The number of amides is 1. The Bertz CT molecular complexity index is 1040. The molecule has 0 aliphatic rings. The number of ether oxygens (including phenoxy) is 1. The van der Waals surface area contributed by atoms with E-state index < -0.39 is 17.2 Å². The van der Waals surface area contributed by atoms with E-state index in [9.17, 15) is 14.4 Å². The molecule has 2 heterocycles. The largest absolute Gasteiger partial charge is 0.495 e. The van der Waals surface area contributed by atoms with Crippen LogP contribution < -0.4 is 21.3 Å². The molecule has 2 aromatic heterocycles. The molecule has 0 bridgehead atoms. The zero-order valence-electron chi connectivity index (χ0n) is 13.9. The average Bonchev–Trinajstić information content (AvgIpc) is 2.66. The van der Waals surface area contributed by atoms with E-state index in [1.54, 1.807) is 48.7 Å². The van der Waals surface area contributed by atoms with Crippen LogP contribution in [0, 0.1) is 0 Å². The van der Waals surface area contributed by atoms with Crippen LogP contribution >= 0.6 is 0 Å². The highest BCUT2D eigenvalue weighted by Crippen LogP contribution is 2.23. The van der Waals surface area contributed by atoms with Gasteiger partial charge in [-0.05, 0) is 24.3 Å². The second-order valence-corrected chi connectivity index (χ2v) is 5.37. The Morgan fingerprint density at radius 1 is 1.19 bits per heavy atom. The zero-order chi connectivity index (χ0) is 18.5. The first-order chi connectivity index (χ1) is 12.6. The highest BCUT2D eigenvalue weighted by atomic mass is 16.5. The summed E-state index contributed by atoms with van der Waals surface area (Å²) in [5.41, 5.74) is -0.558. The standard InChI is InChI=1S/C18H16N4O4/c1-26-15-8-3-2-7-14(15)21-16(23)13-10-20-18(25)22(17(13)24)11-12-6-4-5-9-19-12/h2-10H,11H2,1H3,(H,20,25)(H,21,23). The second-order valence-electron chi connectivity index (χ2n) is 5.37. The van der Waals surface area contributed by atoms with Crippen molar-refractivity contribution in [1.82, 2.24) is 14.5 Å². The number of hydrogen-bond acceptors (Lipinski definition) is 5. The van der Waals surface area contributed by atoms with Gasteiger partial charge in [-0.2, -0.15) is 0 Å². The number of para-hydroxylation sites is 2. The van der Waals surface area contributed by atoms with Gasteiger partial charge in [-0.3, -0.25) is 19.1 Å². The molecule has 0 fully saturated rings. The van der Waals surface area contributed by atoms with Gasteiger partial charge in [0.05, 0.1) is 25.0 Å². The molecule has 8 nitrogen and oxygen atoms in total. The molecule has 132 valence electrons. The Labute approximate surface area is 148 Å². The van der Waals surface area contributed by atoms with Gasteiger partial charge >= 0.3 is 5.69 Å². The highest BCUT2D eigenvalue weighted by Gasteiger charge is 2.16. The van der Waals surface area contributed by atoms with Crippen molar-refractivity contribution >= 4 is 11.6 Å². The maximum absolute atomic E-state index is 12.6. The number of pyridine rings is 1. The van der Waals surface area contributed by atoms with Crippen LogP contribution in [0.3, 0.4) is 0 Å². The number of hydrogen-bond donors (Lipinski definition) is 2. The van der Waals surface area contributed by atoms with E-state index in [0.717, 1.165) is 10.8 Å². The van der Waals surface area contributed by atoms with Gasteiger partial charge in [0.15, 0.2) is 0 Å². The summed E-state index contributed by atoms with van der Waals surface area (Å²) in [6.07, 6.45) is 2.66. The predicted octanol–water partition coefficient (Wildman–Crippen LogP) is 1.24. The molecular weight excluding hydrogens is 336 g/mol. The molecule has 1 amide bonds. The van der Waals surface area contributed by atoms with Crippen molar-refractivity contribution in [3.63, 3.8) is 0 Å². The Balaban J connectivity index is 1.93. The van der Waals surface area contributed by atoms with Crippen LogP contribution in [-0.4, -0.2) is 27.6 Å². The average molecular weight is 352 g/mol. The van der Waals surface area contributed by atoms with E-state index in [2.05, 4.69) is 15.3 Å². The summed E-state index contributed by atoms with van der Waals surface area (Å²) in [5, 5.41) is 2.61. The fourth-order valence-corrected chi connectivity index (χ4v) is 2.41. The molecule has 0 aliphatic heterocycles. The van der Waals surface area contributed by atoms with Gasteiger partial charge in [0.2, 0.25) is 0 Å². The van der Waals surface area contributed by atoms with Crippen molar-refractivity contribution < 1.29 is 9.53 Å². The highest BCUT2D eigenvalue weighted by molar-refractivity contribution is 6.04. The molecule has 0 saturated carbocycles. The molecule has 1 aromatic carbocycles. The van der Waals surface area contributed by atoms with E-state index in [-0.39, 0.29) is 12.1 Å². The number of anilines is 1. The fourth-order valence-electron chi connectivity index (χ4n) is 2.41. The molecule has 0 radical (unpaired) electrons. The molecule has 3 aromatic rings. The van der Waals surface area contributed by atoms with Gasteiger partial charge in [0, 0.05) is 12.4 Å². The Hall–Kier alpha value is -3.68. The fraction of sp³-hybridized carbons (Fsp3) is 0.111. The number of H-pyrrole nitrogens is 1. The Kier molecular flexibility index (Phi) is 4.93. The number of aromatic amines is 1.